The van der Waals surface area contributed by atoms with Crippen LogP contribution in [0.1, 0.15) is 37.8 Å². The van der Waals surface area contributed by atoms with Crippen LogP contribution in [0.2, 0.25) is 0 Å². The van der Waals surface area contributed by atoms with Crippen LogP contribution in [0.5, 0.6) is 0 Å². The van der Waals surface area contributed by atoms with Gasteiger partial charge in [-0.3, -0.25) is 9.69 Å². The van der Waals surface area contributed by atoms with E-state index in [0.29, 0.717) is 6.04 Å². The number of carboxylic acids is 1. The lowest BCUT2D eigenvalue weighted by atomic mass is 9.93. The summed E-state index contributed by atoms with van der Waals surface area (Å²) >= 11 is 1.76. The molecule has 1 N–H and O–H groups in total. The van der Waals surface area contributed by atoms with Crippen LogP contribution in [-0.4, -0.2) is 35.3 Å². The monoisotopic (exact) mass is 293 g/mol. The third-order valence-corrected chi connectivity index (χ3v) is 4.95. The van der Waals surface area contributed by atoms with E-state index in [0.717, 1.165) is 32.4 Å². The van der Waals surface area contributed by atoms with E-state index < -0.39 is 5.97 Å². The predicted molar refractivity (Wildman–Crippen MR) is 83.2 cm³/mol. The fourth-order valence-corrected chi connectivity index (χ4v) is 3.40. The topological polar surface area (TPSA) is 40.5 Å². The van der Waals surface area contributed by atoms with E-state index in [1.165, 1.54) is 10.5 Å². The first-order valence-corrected chi connectivity index (χ1v) is 8.49. The molecular formula is C16H23NO2S. The van der Waals surface area contributed by atoms with E-state index in [2.05, 4.69) is 42.3 Å². The van der Waals surface area contributed by atoms with Crippen molar-refractivity contribution in [2.45, 2.75) is 37.1 Å². The summed E-state index contributed by atoms with van der Waals surface area (Å²) in [4.78, 5) is 14.7. The molecule has 4 heteroatoms. The van der Waals surface area contributed by atoms with E-state index in [-0.39, 0.29) is 5.92 Å². The highest BCUT2D eigenvalue weighted by Crippen LogP contribution is 2.30. The number of thioether (sulfide) groups is 1. The molecule has 0 aromatic heterocycles. The molecule has 1 atom stereocenters. The molecule has 1 fully saturated rings. The van der Waals surface area contributed by atoms with Crippen molar-refractivity contribution in [3.63, 3.8) is 0 Å². The van der Waals surface area contributed by atoms with Crippen LogP contribution in [0.25, 0.3) is 0 Å². The van der Waals surface area contributed by atoms with Crippen LogP contribution in [0.15, 0.2) is 29.2 Å². The van der Waals surface area contributed by atoms with Gasteiger partial charge in [0.05, 0.1) is 5.92 Å². The second kappa shape index (κ2) is 7.14. The van der Waals surface area contributed by atoms with Gasteiger partial charge in [0.15, 0.2) is 0 Å². The number of hydrogen-bond donors (Lipinski definition) is 1. The van der Waals surface area contributed by atoms with Gasteiger partial charge in [0.2, 0.25) is 0 Å². The van der Waals surface area contributed by atoms with Crippen molar-refractivity contribution in [1.82, 2.24) is 4.90 Å². The van der Waals surface area contributed by atoms with Crippen molar-refractivity contribution in [2.75, 3.05) is 19.3 Å². The summed E-state index contributed by atoms with van der Waals surface area (Å²) in [5, 5.41) is 9.07. The zero-order valence-electron chi connectivity index (χ0n) is 12.2. The third kappa shape index (κ3) is 3.55. The molecule has 0 aliphatic carbocycles. The fraction of sp³-hybridized carbons (Fsp3) is 0.562. The van der Waals surface area contributed by atoms with Gasteiger partial charge in [-0.1, -0.05) is 19.1 Å². The molecule has 3 nitrogen and oxygen atoms in total. The molecule has 0 amide bonds. The molecule has 2 rings (SSSR count). The van der Waals surface area contributed by atoms with Gasteiger partial charge >= 0.3 is 5.97 Å². The van der Waals surface area contributed by atoms with E-state index in [1.807, 2.05) is 0 Å². The molecule has 1 saturated heterocycles. The SMILES string of the molecule is CCC(c1ccc(SC)cc1)N1CCC(C(=O)O)CC1. The summed E-state index contributed by atoms with van der Waals surface area (Å²) in [7, 11) is 0. The fourth-order valence-electron chi connectivity index (χ4n) is 2.99. The summed E-state index contributed by atoms with van der Waals surface area (Å²) in [6, 6.07) is 9.19. The number of benzene rings is 1. The van der Waals surface area contributed by atoms with Crippen molar-refractivity contribution in [3.8, 4) is 0 Å². The molecular weight excluding hydrogens is 270 g/mol. The molecule has 0 radical (unpaired) electrons. The molecule has 110 valence electrons. The van der Waals surface area contributed by atoms with Gasteiger partial charge in [0.25, 0.3) is 0 Å². The number of likely N-dealkylation sites (tertiary alicyclic amines) is 1. The highest BCUT2D eigenvalue weighted by atomic mass is 32.2. The summed E-state index contributed by atoms with van der Waals surface area (Å²) in [6.07, 6.45) is 4.70. The maximum Gasteiger partial charge on any atom is 0.306 e. The van der Waals surface area contributed by atoms with Gasteiger partial charge in [0.1, 0.15) is 0 Å². The van der Waals surface area contributed by atoms with Gasteiger partial charge in [-0.2, -0.15) is 0 Å². The van der Waals surface area contributed by atoms with Crippen LogP contribution in [0, 0.1) is 5.92 Å². The maximum atomic E-state index is 11.0. The Balaban J connectivity index is 2.03. The average Bonchev–Trinajstić information content (AvgIpc) is 2.49. The van der Waals surface area contributed by atoms with Crippen LogP contribution in [-0.2, 0) is 4.79 Å². The number of carboxylic acid groups (broad SMARTS) is 1. The lowest BCUT2D eigenvalue weighted by Crippen LogP contribution is -2.38. The zero-order valence-corrected chi connectivity index (χ0v) is 13.0. The summed E-state index contributed by atoms with van der Waals surface area (Å²) in [5.74, 6) is -0.787. The van der Waals surface area contributed by atoms with E-state index in [1.54, 1.807) is 11.8 Å². The van der Waals surface area contributed by atoms with Crippen LogP contribution >= 0.6 is 11.8 Å². The lowest BCUT2D eigenvalue weighted by molar-refractivity contribution is -0.143. The molecule has 1 unspecified atom stereocenters. The van der Waals surface area contributed by atoms with Gasteiger partial charge in [-0.05, 0) is 56.3 Å². The first-order chi connectivity index (χ1) is 9.65. The van der Waals surface area contributed by atoms with Gasteiger partial charge in [0, 0.05) is 10.9 Å². The molecule has 1 aromatic carbocycles. The van der Waals surface area contributed by atoms with Gasteiger partial charge in [-0.25, -0.2) is 0 Å². The third-order valence-electron chi connectivity index (χ3n) is 4.21. The van der Waals surface area contributed by atoms with E-state index in [9.17, 15) is 4.79 Å². The number of carbonyl (C=O) groups is 1. The minimum absolute atomic E-state index is 0.150. The van der Waals surface area contributed by atoms with Gasteiger partial charge < -0.3 is 5.11 Å². The second-order valence-electron chi connectivity index (χ2n) is 5.35. The summed E-state index contributed by atoms with van der Waals surface area (Å²) < 4.78 is 0. The number of rotatable bonds is 5. The highest BCUT2D eigenvalue weighted by Gasteiger charge is 2.28. The van der Waals surface area contributed by atoms with E-state index >= 15 is 0 Å². The van der Waals surface area contributed by atoms with E-state index in [4.69, 9.17) is 5.11 Å². The normalized spacial score (nSPS) is 18.9. The quantitative estimate of drug-likeness (QED) is 0.841. The minimum atomic E-state index is -0.637. The molecule has 0 spiro atoms. The Hall–Kier alpha value is -1.00. The Kier molecular flexibility index (Phi) is 5.49. The van der Waals surface area contributed by atoms with Crippen LogP contribution < -0.4 is 0 Å². The van der Waals surface area contributed by atoms with Crippen molar-refractivity contribution >= 4 is 17.7 Å². The van der Waals surface area contributed by atoms with Gasteiger partial charge in [-0.15, -0.1) is 11.8 Å². The standard InChI is InChI=1S/C16H23NO2S/c1-3-15(12-4-6-14(20-2)7-5-12)17-10-8-13(9-11-17)16(18)19/h4-7,13,15H,3,8-11H2,1-2H3,(H,18,19). The molecule has 1 aliphatic rings. The first kappa shape index (κ1) is 15.4. The molecule has 1 aromatic rings. The maximum absolute atomic E-state index is 11.0. The minimum Gasteiger partial charge on any atom is -0.481 e. The Morgan fingerprint density at radius 1 is 1.35 bits per heavy atom. The molecule has 0 saturated carbocycles. The Labute approximate surface area is 125 Å². The van der Waals surface area contributed by atoms with Crippen LogP contribution in [0.4, 0.5) is 0 Å². The Morgan fingerprint density at radius 2 is 1.95 bits per heavy atom. The molecule has 0 bridgehead atoms. The van der Waals surface area contributed by atoms with Crippen molar-refractivity contribution < 1.29 is 9.90 Å². The zero-order chi connectivity index (χ0) is 14.5. The largest absolute Gasteiger partial charge is 0.481 e. The summed E-state index contributed by atoms with van der Waals surface area (Å²) in [6.45, 7) is 3.98. The molecule has 20 heavy (non-hydrogen) atoms. The van der Waals surface area contributed by atoms with Crippen LogP contribution in [0.3, 0.4) is 0 Å². The lowest BCUT2D eigenvalue weighted by Gasteiger charge is -2.36. The molecule has 1 aliphatic heterocycles. The Bertz CT molecular complexity index is 438. The molecule has 1 heterocycles. The second-order valence-corrected chi connectivity index (χ2v) is 6.23. The number of hydrogen-bond acceptors (Lipinski definition) is 3. The Morgan fingerprint density at radius 3 is 2.40 bits per heavy atom. The van der Waals surface area contributed by atoms with Crippen molar-refractivity contribution in [2.24, 2.45) is 5.92 Å². The first-order valence-electron chi connectivity index (χ1n) is 7.26. The smallest absolute Gasteiger partial charge is 0.306 e. The van der Waals surface area contributed by atoms with Crippen molar-refractivity contribution in [3.05, 3.63) is 29.8 Å². The number of nitrogens with zero attached hydrogens (tertiary/aromatic N) is 1. The average molecular weight is 293 g/mol. The number of aliphatic carboxylic acids is 1. The number of piperidine rings is 1. The van der Waals surface area contributed by atoms with Crippen molar-refractivity contribution in [1.29, 1.82) is 0 Å². The summed E-state index contributed by atoms with van der Waals surface area (Å²) in [5.41, 5.74) is 1.35. The predicted octanol–water partition coefficient (Wildman–Crippen LogP) is 3.66. The highest BCUT2D eigenvalue weighted by molar-refractivity contribution is 7.98.